The van der Waals surface area contributed by atoms with Crippen LogP contribution < -0.4 is 11.1 Å². The molecule has 0 aliphatic rings. The molecule has 0 aliphatic heterocycles. The maximum absolute atomic E-state index is 5.88. The smallest absolute Gasteiger partial charge is 0.172 e. The predicted molar refractivity (Wildman–Crippen MR) is 68.3 cm³/mol. The van der Waals surface area contributed by atoms with Crippen molar-refractivity contribution < 1.29 is 0 Å². The van der Waals surface area contributed by atoms with E-state index >= 15 is 0 Å². The lowest BCUT2D eigenvalue weighted by molar-refractivity contribution is 0.955. The number of hydrogen-bond donors (Lipinski definition) is 2. The topological polar surface area (TPSA) is 55.4 Å². The summed E-state index contributed by atoms with van der Waals surface area (Å²) < 4.78 is 1.77. The Bertz CT molecular complexity index is 427. The standard InChI is InChI=1S/C9H12N4.2ClH/c1-2-11-9-8(10)7-5-3-4-6-13(7)12-9;;/h3-6H,2,10H2,1H3,(H,11,12);2*1H. The molecule has 15 heavy (non-hydrogen) atoms. The molecular weight excluding hydrogens is 235 g/mol. The van der Waals surface area contributed by atoms with Crippen molar-refractivity contribution in [2.75, 3.05) is 17.6 Å². The van der Waals surface area contributed by atoms with Gasteiger partial charge in [0.25, 0.3) is 0 Å². The lowest BCUT2D eigenvalue weighted by Crippen LogP contribution is -1.99. The zero-order valence-corrected chi connectivity index (χ0v) is 9.94. The fraction of sp³-hybridized carbons (Fsp3) is 0.222. The highest BCUT2D eigenvalue weighted by Crippen LogP contribution is 2.21. The highest BCUT2D eigenvalue weighted by Gasteiger charge is 2.06. The van der Waals surface area contributed by atoms with Crippen LogP contribution in [0.5, 0.6) is 0 Å². The minimum Gasteiger partial charge on any atom is -0.394 e. The molecule has 2 rings (SSSR count). The fourth-order valence-corrected chi connectivity index (χ4v) is 1.32. The van der Waals surface area contributed by atoms with Crippen molar-refractivity contribution in [2.24, 2.45) is 0 Å². The van der Waals surface area contributed by atoms with Crippen LogP contribution >= 0.6 is 24.8 Å². The molecule has 2 aromatic rings. The minimum absolute atomic E-state index is 0. The van der Waals surface area contributed by atoms with E-state index in [9.17, 15) is 0 Å². The molecule has 0 atom stereocenters. The van der Waals surface area contributed by atoms with Gasteiger partial charge in [-0.25, -0.2) is 4.52 Å². The van der Waals surface area contributed by atoms with Gasteiger partial charge in [-0.15, -0.1) is 29.9 Å². The molecule has 0 aromatic carbocycles. The second-order valence-corrected chi connectivity index (χ2v) is 2.82. The average molecular weight is 249 g/mol. The first-order chi connectivity index (χ1) is 6.33. The van der Waals surface area contributed by atoms with E-state index in [1.54, 1.807) is 4.52 Å². The molecule has 0 fully saturated rings. The van der Waals surface area contributed by atoms with Gasteiger partial charge in [0, 0.05) is 12.7 Å². The molecule has 0 radical (unpaired) electrons. The van der Waals surface area contributed by atoms with Crippen LogP contribution in [-0.2, 0) is 0 Å². The largest absolute Gasteiger partial charge is 0.394 e. The molecule has 0 amide bonds. The van der Waals surface area contributed by atoms with Gasteiger partial charge in [-0.05, 0) is 19.1 Å². The summed E-state index contributed by atoms with van der Waals surface area (Å²) in [5.41, 5.74) is 7.53. The SMILES string of the molecule is CCNc1nn2ccccc2c1N.Cl.Cl. The number of halogens is 2. The van der Waals surface area contributed by atoms with Gasteiger partial charge in [0.05, 0.1) is 5.52 Å². The van der Waals surface area contributed by atoms with Crippen LogP contribution in [0, 0.1) is 0 Å². The Labute approximate surface area is 101 Å². The van der Waals surface area contributed by atoms with Crippen LogP contribution in [0.3, 0.4) is 0 Å². The van der Waals surface area contributed by atoms with E-state index in [2.05, 4.69) is 10.4 Å². The van der Waals surface area contributed by atoms with Crippen LogP contribution in [0.1, 0.15) is 6.92 Å². The molecule has 0 saturated heterocycles. The second kappa shape index (κ2) is 5.68. The van der Waals surface area contributed by atoms with Crippen LogP contribution in [0.15, 0.2) is 24.4 Å². The molecule has 84 valence electrons. The number of nitrogens with two attached hydrogens (primary N) is 1. The fourth-order valence-electron chi connectivity index (χ4n) is 1.32. The third-order valence-corrected chi connectivity index (χ3v) is 1.92. The third kappa shape index (κ3) is 2.46. The Morgan fingerprint density at radius 1 is 1.40 bits per heavy atom. The number of rotatable bonds is 2. The van der Waals surface area contributed by atoms with E-state index in [0.29, 0.717) is 5.69 Å². The van der Waals surface area contributed by atoms with E-state index in [1.807, 2.05) is 31.3 Å². The summed E-state index contributed by atoms with van der Waals surface area (Å²) in [5.74, 6) is 0.758. The zero-order valence-electron chi connectivity index (χ0n) is 8.30. The summed E-state index contributed by atoms with van der Waals surface area (Å²) in [4.78, 5) is 0. The number of anilines is 2. The second-order valence-electron chi connectivity index (χ2n) is 2.82. The van der Waals surface area contributed by atoms with Crippen molar-refractivity contribution in [3.8, 4) is 0 Å². The predicted octanol–water partition coefficient (Wildman–Crippen LogP) is 2.19. The molecule has 2 heterocycles. The first kappa shape index (κ1) is 13.9. The normalized spacial score (nSPS) is 9.13. The lowest BCUT2D eigenvalue weighted by Gasteiger charge is -1.96. The van der Waals surface area contributed by atoms with Crippen LogP contribution in [0.4, 0.5) is 11.5 Å². The van der Waals surface area contributed by atoms with Gasteiger partial charge in [-0.3, -0.25) is 0 Å². The molecule has 0 aliphatic carbocycles. The quantitative estimate of drug-likeness (QED) is 0.857. The minimum atomic E-state index is 0. The summed E-state index contributed by atoms with van der Waals surface area (Å²) >= 11 is 0. The number of hydrogen-bond acceptors (Lipinski definition) is 3. The number of nitrogens with one attached hydrogen (secondary N) is 1. The molecule has 0 saturated carbocycles. The van der Waals surface area contributed by atoms with E-state index in [1.165, 1.54) is 0 Å². The van der Waals surface area contributed by atoms with Crippen LogP contribution in [-0.4, -0.2) is 16.2 Å². The molecule has 2 aromatic heterocycles. The molecule has 6 heteroatoms. The maximum Gasteiger partial charge on any atom is 0.172 e. The van der Waals surface area contributed by atoms with Gasteiger partial charge >= 0.3 is 0 Å². The van der Waals surface area contributed by atoms with Gasteiger partial charge < -0.3 is 11.1 Å². The van der Waals surface area contributed by atoms with E-state index in [0.717, 1.165) is 17.9 Å². The Kier molecular flexibility index (Phi) is 5.25. The monoisotopic (exact) mass is 248 g/mol. The summed E-state index contributed by atoms with van der Waals surface area (Å²) in [5, 5.41) is 7.39. The van der Waals surface area contributed by atoms with Crippen molar-refractivity contribution in [2.45, 2.75) is 6.92 Å². The summed E-state index contributed by atoms with van der Waals surface area (Å²) in [6.07, 6.45) is 1.88. The highest BCUT2D eigenvalue weighted by atomic mass is 35.5. The summed E-state index contributed by atoms with van der Waals surface area (Å²) in [7, 11) is 0. The molecule has 4 nitrogen and oxygen atoms in total. The van der Waals surface area contributed by atoms with E-state index < -0.39 is 0 Å². The van der Waals surface area contributed by atoms with Crippen molar-refractivity contribution >= 4 is 41.8 Å². The Morgan fingerprint density at radius 3 is 2.73 bits per heavy atom. The molecular formula is C9H14Cl2N4. The van der Waals surface area contributed by atoms with Crippen molar-refractivity contribution in [1.82, 2.24) is 9.61 Å². The van der Waals surface area contributed by atoms with Gasteiger partial charge in [0.1, 0.15) is 5.69 Å². The molecule has 0 unspecified atom stereocenters. The Hall–Kier alpha value is -1.13. The highest BCUT2D eigenvalue weighted by molar-refractivity contribution is 5.85. The van der Waals surface area contributed by atoms with Crippen molar-refractivity contribution in [3.05, 3.63) is 24.4 Å². The number of fused-ring (bicyclic) bond motifs is 1. The van der Waals surface area contributed by atoms with Gasteiger partial charge in [0.2, 0.25) is 0 Å². The zero-order chi connectivity index (χ0) is 9.26. The average Bonchev–Trinajstić information content (AvgIpc) is 2.46. The van der Waals surface area contributed by atoms with Crippen molar-refractivity contribution in [1.29, 1.82) is 0 Å². The Morgan fingerprint density at radius 2 is 2.13 bits per heavy atom. The Balaban J connectivity index is 0.000000980. The number of aromatic nitrogens is 2. The van der Waals surface area contributed by atoms with Gasteiger partial charge in [0.15, 0.2) is 5.82 Å². The summed E-state index contributed by atoms with van der Waals surface area (Å²) in [6, 6.07) is 5.82. The number of nitrogens with zero attached hydrogens (tertiary/aromatic N) is 2. The maximum atomic E-state index is 5.88. The van der Waals surface area contributed by atoms with E-state index in [4.69, 9.17) is 5.73 Å². The lowest BCUT2D eigenvalue weighted by atomic mass is 10.3. The van der Waals surface area contributed by atoms with E-state index in [-0.39, 0.29) is 24.8 Å². The van der Waals surface area contributed by atoms with Gasteiger partial charge in [-0.2, -0.15) is 0 Å². The molecule has 3 N–H and O–H groups in total. The van der Waals surface area contributed by atoms with Gasteiger partial charge in [-0.1, -0.05) is 6.07 Å². The third-order valence-electron chi connectivity index (χ3n) is 1.92. The van der Waals surface area contributed by atoms with Crippen molar-refractivity contribution in [3.63, 3.8) is 0 Å². The number of pyridine rings is 1. The molecule has 0 spiro atoms. The van der Waals surface area contributed by atoms with Crippen LogP contribution in [0.25, 0.3) is 5.52 Å². The van der Waals surface area contributed by atoms with Crippen LogP contribution in [0.2, 0.25) is 0 Å². The number of nitrogen functional groups attached to an aromatic ring is 1. The first-order valence-electron chi connectivity index (χ1n) is 4.29. The molecule has 0 bridgehead atoms. The summed E-state index contributed by atoms with van der Waals surface area (Å²) in [6.45, 7) is 2.84. The first-order valence-corrected chi connectivity index (χ1v) is 4.29.